The number of allylic oxidation sites excluding steroid dienone is 1. The Balaban J connectivity index is 1.58. The topological polar surface area (TPSA) is 114 Å². The molecule has 1 aliphatic heterocycles. The normalized spacial score (nSPS) is 17.1. The van der Waals surface area contributed by atoms with Gasteiger partial charge in [0.15, 0.2) is 5.75 Å². The van der Waals surface area contributed by atoms with Crippen molar-refractivity contribution in [1.29, 1.82) is 0 Å². The van der Waals surface area contributed by atoms with Crippen molar-refractivity contribution in [2.75, 3.05) is 30.3 Å². The minimum absolute atomic E-state index is 0.000390. The number of ether oxygens (including phenoxy) is 1. The van der Waals surface area contributed by atoms with Crippen molar-refractivity contribution in [2.45, 2.75) is 51.1 Å². The third-order valence-corrected chi connectivity index (χ3v) is 9.50. The van der Waals surface area contributed by atoms with Gasteiger partial charge in [-0.1, -0.05) is 60.7 Å². The SMILES string of the molecule is CC=Cc1cc(C(=O)NC(Cc2ccccc2)C(O)CNCc2cccc(C(F)(F)F)c2)cc(N2CCCCS2(O)O)c1OC. The number of hydrogen-bond acceptors (Lipinski definition) is 7. The summed E-state index contributed by atoms with van der Waals surface area (Å²) >= 11 is 0. The lowest BCUT2D eigenvalue weighted by molar-refractivity contribution is -0.137. The Hall–Kier alpha value is -3.55. The van der Waals surface area contributed by atoms with Gasteiger partial charge in [-0.05, 0) is 55.5 Å². The van der Waals surface area contributed by atoms with E-state index < -0.39 is 40.6 Å². The molecule has 1 amide bonds. The quantitative estimate of drug-likeness (QED) is 0.152. The molecule has 1 aliphatic rings. The maximum atomic E-state index is 13.8. The molecule has 3 aromatic rings. The van der Waals surface area contributed by atoms with Gasteiger partial charge in [-0.2, -0.15) is 13.2 Å². The molecule has 0 bridgehead atoms. The molecular formula is C33H40F3N3O5S. The number of benzene rings is 3. The lowest BCUT2D eigenvalue weighted by atomic mass is 9.99. The van der Waals surface area contributed by atoms with Crippen LogP contribution < -0.4 is 19.7 Å². The van der Waals surface area contributed by atoms with Crippen LogP contribution in [0.4, 0.5) is 18.9 Å². The summed E-state index contributed by atoms with van der Waals surface area (Å²) in [4.78, 5) is 13.8. The number of nitrogens with one attached hydrogen (secondary N) is 2. The monoisotopic (exact) mass is 647 g/mol. The summed E-state index contributed by atoms with van der Waals surface area (Å²) in [6.07, 6.45) is -0.298. The van der Waals surface area contributed by atoms with E-state index in [9.17, 15) is 32.2 Å². The number of aliphatic hydroxyl groups is 1. The highest BCUT2D eigenvalue weighted by atomic mass is 32.3. The van der Waals surface area contributed by atoms with Gasteiger partial charge in [-0.15, -0.1) is 10.8 Å². The molecule has 1 fully saturated rings. The summed E-state index contributed by atoms with van der Waals surface area (Å²) in [6.45, 7) is 2.29. The summed E-state index contributed by atoms with van der Waals surface area (Å²) < 4.78 is 68.3. The molecule has 3 aromatic carbocycles. The average molecular weight is 648 g/mol. The number of methoxy groups -OCH3 is 1. The summed E-state index contributed by atoms with van der Waals surface area (Å²) in [7, 11) is -1.63. The molecule has 45 heavy (non-hydrogen) atoms. The maximum Gasteiger partial charge on any atom is 0.416 e. The van der Waals surface area contributed by atoms with Crippen LogP contribution >= 0.6 is 10.8 Å². The van der Waals surface area contributed by atoms with Crippen LogP contribution in [0.2, 0.25) is 0 Å². The third-order valence-electron chi connectivity index (χ3n) is 7.58. The number of amides is 1. The fourth-order valence-electron chi connectivity index (χ4n) is 5.33. The predicted octanol–water partition coefficient (Wildman–Crippen LogP) is 6.50. The molecule has 0 aromatic heterocycles. The largest absolute Gasteiger partial charge is 0.494 e. The molecule has 2 atom stereocenters. The Kier molecular flexibility index (Phi) is 11.6. The molecular weight excluding hydrogens is 607 g/mol. The standard InChI is InChI=1S/C33H40F3N3O5S/c1-3-10-25-19-26(20-29(31(25)44-2)39-15-7-8-16-45(39,42)43)32(41)38-28(18-23-11-5-4-6-12-23)30(40)22-37-21-24-13-9-14-27(17-24)33(34,35)36/h3-6,9-14,17,19-20,28,30,37,40,42-43H,7-8,15-16,18,21-22H2,1-2H3,(H,38,41). The van der Waals surface area contributed by atoms with Crippen molar-refractivity contribution in [3.05, 3.63) is 101 Å². The first-order valence-electron chi connectivity index (χ1n) is 14.7. The number of rotatable bonds is 12. The van der Waals surface area contributed by atoms with Crippen LogP contribution in [0.3, 0.4) is 0 Å². The molecule has 1 heterocycles. The Morgan fingerprint density at radius 3 is 2.47 bits per heavy atom. The van der Waals surface area contributed by atoms with Crippen LogP contribution in [-0.2, 0) is 19.1 Å². The van der Waals surface area contributed by atoms with Crippen LogP contribution in [0, 0.1) is 0 Å². The first-order valence-corrected chi connectivity index (χ1v) is 16.4. The number of nitrogens with zero attached hydrogens (tertiary/aromatic N) is 1. The number of hydrogen-bond donors (Lipinski definition) is 5. The van der Waals surface area contributed by atoms with Crippen molar-refractivity contribution in [3.8, 4) is 5.75 Å². The minimum atomic E-state index is -4.46. The van der Waals surface area contributed by atoms with Gasteiger partial charge in [-0.3, -0.25) is 18.2 Å². The summed E-state index contributed by atoms with van der Waals surface area (Å²) in [5, 5.41) is 17.2. The van der Waals surface area contributed by atoms with Crippen LogP contribution in [0.1, 0.15) is 52.4 Å². The lowest BCUT2D eigenvalue weighted by Gasteiger charge is -2.47. The van der Waals surface area contributed by atoms with E-state index in [1.807, 2.05) is 37.3 Å². The van der Waals surface area contributed by atoms with Crippen LogP contribution in [0.25, 0.3) is 6.08 Å². The summed E-state index contributed by atoms with van der Waals surface area (Å²) in [5.74, 6) is 0.131. The molecule has 0 spiro atoms. The molecule has 2 unspecified atom stereocenters. The second-order valence-electron chi connectivity index (χ2n) is 10.9. The number of halogens is 3. The highest BCUT2D eigenvalue weighted by Gasteiger charge is 2.32. The van der Waals surface area contributed by atoms with Gasteiger partial charge >= 0.3 is 6.18 Å². The molecule has 12 heteroatoms. The van der Waals surface area contributed by atoms with Crippen molar-refractivity contribution < 1.29 is 36.9 Å². The zero-order valence-electron chi connectivity index (χ0n) is 25.3. The van der Waals surface area contributed by atoms with E-state index in [1.165, 1.54) is 17.5 Å². The van der Waals surface area contributed by atoms with E-state index in [4.69, 9.17) is 4.74 Å². The molecule has 4 rings (SSSR count). The first kappa shape index (κ1) is 34.3. The Bertz CT molecular complexity index is 1470. The van der Waals surface area contributed by atoms with Gasteiger partial charge in [0.05, 0.1) is 30.6 Å². The Labute approximate surface area is 263 Å². The van der Waals surface area contributed by atoms with Crippen LogP contribution in [-0.4, -0.2) is 58.2 Å². The molecule has 0 aliphatic carbocycles. The van der Waals surface area contributed by atoms with E-state index in [0.717, 1.165) is 24.1 Å². The van der Waals surface area contributed by atoms with Gasteiger partial charge in [0.2, 0.25) is 0 Å². The smallest absolute Gasteiger partial charge is 0.416 e. The van der Waals surface area contributed by atoms with E-state index in [1.54, 1.807) is 30.4 Å². The lowest BCUT2D eigenvalue weighted by Crippen LogP contribution is -2.48. The van der Waals surface area contributed by atoms with Crippen molar-refractivity contribution in [3.63, 3.8) is 0 Å². The van der Waals surface area contributed by atoms with E-state index in [-0.39, 0.29) is 30.8 Å². The molecule has 0 saturated carbocycles. The molecule has 244 valence electrons. The zero-order valence-corrected chi connectivity index (χ0v) is 26.1. The fraction of sp³-hybridized carbons (Fsp3) is 0.364. The zero-order chi connectivity index (χ0) is 32.6. The highest BCUT2D eigenvalue weighted by molar-refractivity contribution is 8.25. The van der Waals surface area contributed by atoms with Crippen LogP contribution in [0.15, 0.2) is 72.8 Å². The third kappa shape index (κ3) is 9.01. The van der Waals surface area contributed by atoms with Gasteiger partial charge in [0.1, 0.15) is 5.69 Å². The predicted molar refractivity (Wildman–Crippen MR) is 173 cm³/mol. The van der Waals surface area contributed by atoms with Crippen molar-refractivity contribution in [1.82, 2.24) is 10.6 Å². The van der Waals surface area contributed by atoms with Gasteiger partial charge in [0, 0.05) is 30.8 Å². The number of anilines is 1. The molecule has 1 saturated heterocycles. The van der Waals surface area contributed by atoms with E-state index in [2.05, 4.69) is 10.6 Å². The highest BCUT2D eigenvalue weighted by Crippen LogP contribution is 2.52. The molecule has 5 N–H and O–H groups in total. The average Bonchev–Trinajstić information content (AvgIpc) is 3.00. The first-order chi connectivity index (χ1) is 21.4. The van der Waals surface area contributed by atoms with Crippen molar-refractivity contribution in [2.24, 2.45) is 0 Å². The summed E-state index contributed by atoms with van der Waals surface area (Å²) in [5.41, 5.74) is 1.73. The number of aliphatic hydroxyl groups excluding tert-OH is 1. The van der Waals surface area contributed by atoms with Gasteiger partial charge in [0.25, 0.3) is 5.91 Å². The van der Waals surface area contributed by atoms with Gasteiger partial charge in [-0.25, -0.2) is 0 Å². The molecule has 0 radical (unpaired) electrons. The minimum Gasteiger partial charge on any atom is -0.494 e. The summed E-state index contributed by atoms with van der Waals surface area (Å²) in [6, 6.07) is 16.7. The van der Waals surface area contributed by atoms with E-state index in [0.29, 0.717) is 35.5 Å². The van der Waals surface area contributed by atoms with Gasteiger partial charge < -0.3 is 20.5 Å². The second kappa shape index (κ2) is 15.2. The number of alkyl halides is 3. The Morgan fingerprint density at radius 2 is 1.80 bits per heavy atom. The molecule has 8 nitrogen and oxygen atoms in total. The van der Waals surface area contributed by atoms with E-state index >= 15 is 0 Å². The Morgan fingerprint density at radius 1 is 1.07 bits per heavy atom. The number of carbonyl (C=O) groups excluding carboxylic acids is 1. The number of carbonyl (C=O) groups is 1. The van der Waals surface area contributed by atoms with Crippen molar-refractivity contribution >= 4 is 28.4 Å². The van der Waals surface area contributed by atoms with Crippen LogP contribution in [0.5, 0.6) is 5.75 Å². The second-order valence-corrected chi connectivity index (χ2v) is 13.0. The fourth-order valence-corrected chi connectivity index (χ4v) is 7.01. The maximum absolute atomic E-state index is 13.8.